The van der Waals surface area contributed by atoms with Crippen LogP contribution in [0.2, 0.25) is 0 Å². The van der Waals surface area contributed by atoms with Gasteiger partial charge in [-0.25, -0.2) is 0 Å². The highest BCUT2D eigenvalue weighted by atomic mass is 16.5. The third-order valence-corrected chi connectivity index (χ3v) is 5.63. The molecule has 8 nitrogen and oxygen atoms in total. The van der Waals surface area contributed by atoms with E-state index in [0.717, 1.165) is 48.0 Å². The molecule has 1 aliphatic rings. The molecule has 0 bridgehead atoms. The Balaban J connectivity index is 1.44. The van der Waals surface area contributed by atoms with E-state index in [0.29, 0.717) is 18.8 Å². The van der Waals surface area contributed by atoms with Crippen LogP contribution < -0.4 is 19.7 Å². The van der Waals surface area contributed by atoms with Gasteiger partial charge in [-0.05, 0) is 44.0 Å². The van der Waals surface area contributed by atoms with Crippen molar-refractivity contribution < 1.29 is 14.3 Å². The highest BCUT2D eigenvalue weighted by Gasteiger charge is 2.28. The second kappa shape index (κ2) is 8.61. The van der Waals surface area contributed by atoms with Crippen molar-refractivity contribution in [2.24, 2.45) is 5.92 Å². The summed E-state index contributed by atoms with van der Waals surface area (Å²) in [6.45, 7) is 3.94. The predicted molar refractivity (Wildman–Crippen MR) is 114 cm³/mol. The van der Waals surface area contributed by atoms with E-state index < -0.39 is 0 Å². The minimum absolute atomic E-state index is 0.0445. The van der Waals surface area contributed by atoms with Crippen LogP contribution in [0.5, 0.6) is 11.5 Å². The van der Waals surface area contributed by atoms with Gasteiger partial charge in [0.25, 0.3) is 0 Å². The molecule has 1 aromatic carbocycles. The van der Waals surface area contributed by atoms with Gasteiger partial charge in [0.05, 0.1) is 20.1 Å². The summed E-state index contributed by atoms with van der Waals surface area (Å²) in [5.41, 5.74) is 2.81. The van der Waals surface area contributed by atoms with Gasteiger partial charge in [0.15, 0.2) is 5.65 Å². The molecule has 1 fully saturated rings. The van der Waals surface area contributed by atoms with Crippen LogP contribution in [0.25, 0.3) is 5.65 Å². The number of rotatable bonds is 6. The van der Waals surface area contributed by atoms with E-state index in [9.17, 15) is 4.79 Å². The lowest BCUT2D eigenvalue weighted by Gasteiger charge is -2.32. The molecule has 2 aromatic heterocycles. The van der Waals surface area contributed by atoms with Gasteiger partial charge in [-0.3, -0.25) is 9.20 Å². The van der Waals surface area contributed by atoms with Gasteiger partial charge in [-0.1, -0.05) is 6.07 Å². The van der Waals surface area contributed by atoms with Gasteiger partial charge in [0.2, 0.25) is 11.9 Å². The molecule has 3 aromatic rings. The Morgan fingerprint density at radius 3 is 2.87 bits per heavy atom. The SMILES string of the molecule is COc1ccc(CNC(=O)[C@@H]2CCCN(c3nnc4cccc(C)n34)C2)c(OC)c1. The van der Waals surface area contributed by atoms with E-state index >= 15 is 0 Å². The average molecular weight is 409 g/mol. The number of ether oxygens (including phenoxy) is 2. The van der Waals surface area contributed by atoms with Crippen molar-refractivity contribution in [2.45, 2.75) is 26.3 Å². The number of nitrogens with zero attached hydrogens (tertiary/aromatic N) is 4. The molecule has 3 heterocycles. The molecule has 0 spiro atoms. The lowest BCUT2D eigenvalue weighted by Crippen LogP contribution is -2.43. The zero-order chi connectivity index (χ0) is 21.1. The minimum atomic E-state index is -0.0978. The highest BCUT2D eigenvalue weighted by Crippen LogP contribution is 2.26. The number of aryl methyl sites for hydroxylation is 1. The fourth-order valence-electron chi connectivity index (χ4n) is 3.98. The van der Waals surface area contributed by atoms with Crippen LogP contribution in [0.15, 0.2) is 36.4 Å². The molecule has 8 heteroatoms. The molecule has 0 saturated carbocycles. The van der Waals surface area contributed by atoms with Gasteiger partial charge in [0, 0.05) is 37.0 Å². The first-order valence-corrected chi connectivity index (χ1v) is 10.1. The van der Waals surface area contributed by atoms with Crippen molar-refractivity contribution in [1.29, 1.82) is 0 Å². The van der Waals surface area contributed by atoms with E-state index in [1.54, 1.807) is 14.2 Å². The number of nitrogens with one attached hydrogen (secondary N) is 1. The molecule has 1 aliphatic heterocycles. The van der Waals surface area contributed by atoms with Crippen LogP contribution in [0.1, 0.15) is 24.1 Å². The van der Waals surface area contributed by atoms with Crippen LogP contribution >= 0.6 is 0 Å². The van der Waals surface area contributed by atoms with Crippen molar-refractivity contribution in [3.8, 4) is 11.5 Å². The van der Waals surface area contributed by atoms with E-state index in [1.807, 2.05) is 47.7 Å². The smallest absolute Gasteiger partial charge is 0.231 e. The Morgan fingerprint density at radius 1 is 1.20 bits per heavy atom. The maximum absolute atomic E-state index is 12.9. The van der Waals surface area contributed by atoms with Crippen LogP contribution in [-0.2, 0) is 11.3 Å². The van der Waals surface area contributed by atoms with E-state index in [2.05, 4.69) is 20.4 Å². The second-order valence-electron chi connectivity index (χ2n) is 7.54. The number of aromatic nitrogens is 3. The normalized spacial score (nSPS) is 16.5. The number of amides is 1. The van der Waals surface area contributed by atoms with Gasteiger partial charge in [-0.2, -0.15) is 0 Å². The van der Waals surface area contributed by atoms with Crippen molar-refractivity contribution in [3.05, 3.63) is 47.7 Å². The molecule has 158 valence electrons. The molecular weight excluding hydrogens is 382 g/mol. The summed E-state index contributed by atoms with van der Waals surface area (Å²) in [4.78, 5) is 15.1. The molecule has 1 amide bonds. The molecule has 1 atom stereocenters. The Morgan fingerprint density at radius 2 is 2.07 bits per heavy atom. The number of benzene rings is 1. The van der Waals surface area contributed by atoms with Gasteiger partial charge < -0.3 is 19.7 Å². The van der Waals surface area contributed by atoms with E-state index in [-0.39, 0.29) is 11.8 Å². The van der Waals surface area contributed by atoms with Gasteiger partial charge in [0.1, 0.15) is 11.5 Å². The summed E-state index contributed by atoms with van der Waals surface area (Å²) in [5.74, 6) is 2.17. The zero-order valence-electron chi connectivity index (χ0n) is 17.6. The number of piperidine rings is 1. The van der Waals surface area contributed by atoms with Crippen LogP contribution in [0.4, 0.5) is 5.95 Å². The Bertz CT molecular complexity index is 1050. The summed E-state index contributed by atoms with van der Waals surface area (Å²) in [5, 5.41) is 11.7. The molecule has 1 N–H and O–H groups in total. The van der Waals surface area contributed by atoms with Crippen LogP contribution in [0, 0.1) is 12.8 Å². The predicted octanol–water partition coefficient (Wildman–Crippen LogP) is 2.59. The number of pyridine rings is 1. The number of carbonyl (C=O) groups is 1. The molecule has 30 heavy (non-hydrogen) atoms. The maximum Gasteiger partial charge on any atom is 0.231 e. The standard InChI is InChI=1S/C22H27N5O3/c1-15-6-4-8-20-24-25-22(27(15)20)26-11-5-7-17(14-26)21(28)23-13-16-9-10-18(29-2)12-19(16)30-3/h4,6,8-10,12,17H,5,7,11,13-14H2,1-3H3,(H,23,28)/t17-/m1/s1. The van der Waals surface area contributed by atoms with Crippen molar-refractivity contribution in [3.63, 3.8) is 0 Å². The summed E-state index contributed by atoms with van der Waals surface area (Å²) in [6.07, 6.45) is 1.79. The van der Waals surface area contributed by atoms with Gasteiger partial charge in [-0.15, -0.1) is 10.2 Å². The van der Waals surface area contributed by atoms with Gasteiger partial charge >= 0.3 is 0 Å². The molecular formula is C22H27N5O3. The largest absolute Gasteiger partial charge is 0.497 e. The number of anilines is 1. The number of hydrogen-bond acceptors (Lipinski definition) is 6. The molecule has 0 unspecified atom stereocenters. The highest BCUT2D eigenvalue weighted by molar-refractivity contribution is 5.79. The van der Waals surface area contributed by atoms with E-state index in [1.165, 1.54) is 0 Å². The summed E-state index contributed by atoms with van der Waals surface area (Å²) in [7, 11) is 3.23. The summed E-state index contributed by atoms with van der Waals surface area (Å²) in [6, 6.07) is 11.6. The molecule has 1 saturated heterocycles. The second-order valence-corrected chi connectivity index (χ2v) is 7.54. The first-order chi connectivity index (χ1) is 14.6. The summed E-state index contributed by atoms with van der Waals surface area (Å²) < 4.78 is 12.7. The fourth-order valence-corrected chi connectivity index (χ4v) is 3.98. The summed E-state index contributed by atoms with van der Waals surface area (Å²) >= 11 is 0. The monoisotopic (exact) mass is 409 g/mol. The molecule has 0 radical (unpaired) electrons. The van der Waals surface area contributed by atoms with Crippen molar-refractivity contribution in [1.82, 2.24) is 19.9 Å². The van der Waals surface area contributed by atoms with Crippen molar-refractivity contribution >= 4 is 17.5 Å². The van der Waals surface area contributed by atoms with E-state index in [4.69, 9.17) is 9.47 Å². The number of methoxy groups -OCH3 is 2. The van der Waals surface area contributed by atoms with Crippen LogP contribution in [0.3, 0.4) is 0 Å². The lowest BCUT2D eigenvalue weighted by atomic mass is 9.97. The zero-order valence-corrected chi connectivity index (χ0v) is 17.6. The Labute approximate surface area is 175 Å². The maximum atomic E-state index is 12.9. The van der Waals surface area contributed by atoms with Crippen molar-refractivity contribution in [2.75, 3.05) is 32.2 Å². The third-order valence-electron chi connectivity index (χ3n) is 5.63. The molecule has 0 aliphatic carbocycles. The first-order valence-electron chi connectivity index (χ1n) is 10.1. The molecule has 4 rings (SSSR count). The minimum Gasteiger partial charge on any atom is -0.497 e. The quantitative estimate of drug-likeness (QED) is 0.674. The fraction of sp³-hybridized carbons (Fsp3) is 0.409. The lowest BCUT2D eigenvalue weighted by molar-refractivity contribution is -0.125. The Kier molecular flexibility index (Phi) is 5.74. The average Bonchev–Trinajstić information content (AvgIpc) is 3.23. The van der Waals surface area contributed by atoms with Crippen LogP contribution in [-0.4, -0.2) is 47.8 Å². The number of carbonyl (C=O) groups excluding carboxylic acids is 1. The Hall–Kier alpha value is -3.29. The third kappa shape index (κ3) is 3.90. The first kappa shape index (κ1) is 20.0. The number of hydrogen-bond donors (Lipinski definition) is 1. The number of fused-ring (bicyclic) bond motifs is 1. The topological polar surface area (TPSA) is 81.0 Å².